The molecule has 0 aliphatic rings. The minimum atomic E-state index is -0.572. The molecule has 1 unspecified atom stereocenters. The van der Waals surface area contributed by atoms with E-state index in [0.29, 0.717) is 6.42 Å². The molecule has 0 aliphatic carbocycles. The monoisotopic (exact) mass is 357 g/mol. The standard InChI is InChI=1S/C20H23N3O.ClH/c1-13-7-9-15(10-8-13)14(2)23-20(24)18(21)11-16-12-22-19-6-4-3-5-17(16)19;/h3-10,12,14,18,22H,11,21H2,1-2H3,(H,23,24);1H/t14?,18-;/m0./s1. The largest absolute Gasteiger partial charge is 0.361 e. The van der Waals surface area contributed by atoms with Crippen LogP contribution in [0.1, 0.15) is 29.7 Å². The van der Waals surface area contributed by atoms with Crippen LogP contribution in [-0.4, -0.2) is 16.9 Å². The number of aromatic nitrogens is 1. The first kappa shape index (κ1) is 19.0. The van der Waals surface area contributed by atoms with Gasteiger partial charge < -0.3 is 16.0 Å². The van der Waals surface area contributed by atoms with Crippen molar-refractivity contribution >= 4 is 29.2 Å². The number of carbonyl (C=O) groups is 1. The maximum atomic E-state index is 12.4. The van der Waals surface area contributed by atoms with Crippen LogP contribution in [0.5, 0.6) is 0 Å². The molecule has 0 spiro atoms. The summed E-state index contributed by atoms with van der Waals surface area (Å²) < 4.78 is 0. The summed E-state index contributed by atoms with van der Waals surface area (Å²) in [4.78, 5) is 15.6. The summed E-state index contributed by atoms with van der Waals surface area (Å²) in [5.74, 6) is -0.131. The van der Waals surface area contributed by atoms with Crippen LogP contribution in [0.2, 0.25) is 0 Å². The first-order valence-corrected chi connectivity index (χ1v) is 8.22. The molecular weight excluding hydrogens is 334 g/mol. The van der Waals surface area contributed by atoms with E-state index >= 15 is 0 Å². The van der Waals surface area contributed by atoms with Crippen molar-refractivity contribution in [1.82, 2.24) is 10.3 Å². The fraction of sp³-hybridized carbons (Fsp3) is 0.250. The zero-order valence-electron chi connectivity index (χ0n) is 14.5. The number of carbonyl (C=O) groups excluding carboxylic acids is 1. The molecule has 3 aromatic rings. The van der Waals surface area contributed by atoms with Crippen molar-refractivity contribution in [1.29, 1.82) is 0 Å². The summed E-state index contributed by atoms with van der Waals surface area (Å²) in [6, 6.07) is 15.6. The van der Waals surface area contributed by atoms with E-state index in [9.17, 15) is 4.79 Å². The molecule has 0 fully saturated rings. The van der Waals surface area contributed by atoms with Crippen molar-refractivity contribution < 1.29 is 4.79 Å². The van der Waals surface area contributed by atoms with E-state index in [2.05, 4.69) is 10.3 Å². The topological polar surface area (TPSA) is 70.9 Å². The molecule has 0 bridgehead atoms. The summed E-state index contributed by atoms with van der Waals surface area (Å²) in [5.41, 5.74) is 10.5. The van der Waals surface area contributed by atoms with Gasteiger partial charge in [-0.05, 0) is 37.5 Å². The van der Waals surface area contributed by atoms with Crippen LogP contribution in [0.4, 0.5) is 0 Å². The highest BCUT2D eigenvalue weighted by molar-refractivity contribution is 5.86. The predicted octanol–water partition coefficient (Wildman–Crippen LogP) is 3.65. The van der Waals surface area contributed by atoms with E-state index in [0.717, 1.165) is 22.0 Å². The molecule has 0 saturated carbocycles. The van der Waals surface area contributed by atoms with Crippen LogP contribution in [-0.2, 0) is 11.2 Å². The molecule has 1 aromatic heterocycles. The molecule has 0 saturated heterocycles. The molecule has 132 valence electrons. The van der Waals surface area contributed by atoms with E-state index < -0.39 is 6.04 Å². The quantitative estimate of drug-likeness (QED) is 0.652. The van der Waals surface area contributed by atoms with Gasteiger partial charge in [0.15, 0.2) is 0 Å². The highest BCUT2D eigenvalue weighted by atomic mass is 35.5. The third-order valence-electron chi connectivity index (χ3n) is 4.39. The number of hydrogen-bond acceptors (Lipinski definition) is 2. The Morgan fingerprint density at radius 1 is 1.16 bits per heavy atom. The normalized spacial score (nSPS) is 13.1. The van der Waals surface area contributed by atoms with Crippen molar-refractivity contribution in [2.75, 3.05) is 0 Å². The Hall–Kier alpha value is -2.30. The van der Waals surface area contributed by atoms with Crippen molar-refractivity contribution in [2.45, 2.75) is 32.4 Å². The molecule has 4 N–H and O–H groups in total. The Morgan fingerprint density at radius 3 is 2.56 bits per heavy atom. The lowest BCUT2D eigenvalue weighted by Crippen LogP contribution is -2.42. The van der Waals surface area contributed by atoms with Gasteiger partial charge in [0, 0.05) is 17.1 Å². The first-order valence-electron chi connectivity index (χ1n) is 8.22. The Balaban J connectivity index is 0.00000225. The zero-order valence-corrected chi connectivity index (χ0v) is 15.3. The number of hydrogen-bond donors (Lipinski definition) is 3. The second-order valence-electron chi connectivity index (χ2n) is 6.31. The van der Waals surface area contributed by atoms with Crippen LogP contribution in [0.25, 0.3) is 10.9 Å². The Labute approximate surface area is 154 Å². The molecule has 2 atom stereocenters. The maximum Gasteiger partial charge on any atom is 0.237 e. The van der Waals surface area contributed by atoms with Gasteiger partial charge in [0.25, 0.3) is 0 Å². The SMILES string of the molecule is Cc1ccc(C(C)NC(=O)[C@@H](N)Cc2c[nH]c3ccccc23)cc1.Cl. The van der Waals surface area contributed by atoms with Gasteiger partial charge in [-0.1, -0.05) is 48.0 Å². The molecule has 0 radical (unpaired) electrons. The molecule has 5 heteroatoms. The van der Waals surface area contributed by atoms with E-state index in [1.165, 1.54) is 5.56 Å². The number of halogens is 1. The molecule has 0 aliphatic heterocycles. The molecular formula is C20H24ClN3O. The molecule has 4 nitrogen and oxygen atoms in total. The van der Waals surface area contributed by atoms with E-state index in [1.807, 2.05) is 68.6 Å². The molecule has 1 heterocycles. The summed E-state index contributed by atoms with van der Waals surface area (Å²) in [5, 5.41) is 4.12. The van der Waals surface area contributed by atoms with Gasteiger partial charge in [0.2, 0.25) is 5.91 Å². The molecule has 1 amide bonds. The van der Waals surface area contributed by atoms with E-state index in [4.69, 9.17) is 5.73 Å². The van der Waals surface area contributed by atoms with Gasteiger partial charge in [-0.3, -0.25) is 4.79 Å². The first-order chi connectivity index (χ1) is 11.5. The zero-order chi connectivity index (χ0) is 17.1. The Morgan fingerprint density at radius 2 is 1.84 bits per heavy atom. The third-order valence-corrected chi connectivity index (χ3v) is 4.39. The number of H-pyrrole nitrogens is 1. The van der Waals surface area contributed by atoms with E-state index in [-0.39, 0.29) is 24.4 Å². The van der Waals surface area contributed by atoms with Crippen molar-refractivity contribution in [3.8, 4) is 0 Å². The lowest BCUT2D eigenvalue weighted by Gasteiger charge is -2.18. The van der Waals surface area contributed by atoms with Crippen molar-refractivity contribution in [2.24, 2.45) is 5.73 Å². The number of para-hydroxylation sites is 1. The molecule has 2 aromatic carbocycles. The number of nitrogens with two attached hydrogens (primary N) is 1. The Kier molecular flexibility index (Phi) is 6.23. The average molecular weight is 358 g/mol. The number of nitrogens with one attached hydrogen (secondary N) is 2. The van der Waals surface area contributed by atoms with Crippen LogP contribution in [0, 0.1) is 6.92 Å². The number of benzene rings is 2. The lowest BCUT2D eigenvalue weighted by atomic mass is 10.0. The fourth-order valence-corrected chi connectivity index (χ4v) is 2.89. The van der Waals surface area contributed by atoms with Gasteiger partial charge in [-0.15, -0.1) is 12.4 Å². The van der Waals surface area contributed by atoms with Crippen molar-refractivity contribution in [3.05, 3.63) is 71.4 Å². The molecule has 3 rings (SSSR count). The minimum Gasteiger partial charge on any atom is -0.361 e. The van der Waals surface area contributed by atoms with Crippen molar-refractivity contribution in [3.63, 3.8) is 0 Å². The van der Waals surface area contributed by atoms with Crippen LogP contribution >= 0.6 is 12.4 Å². The smallest absolute Gasteiger partial charge is 0.237 e. The second-order valence-corrected chi connectivity index (χ2v) is 6.31. The average Bonchev–Trinajstić information content (AvgIpc) is 2.98. The van der Waals surface area contributed by atoms with Gasteiger partial charge in [0.05, 0.1) is 12.1 Å². The summed E-state index contributed by atoms with van der Waals surface area (Å²) in [6.07, 6.45) is 2.44. The van der Waals surface area contributed by atoms with E-state index in [1.54, 1.807) is 0 Å². The number of amides is 1. The number of aromatic amines is 1. The summed E-state index contributed by atoms with van der Waals surface area (Å²) >= 11 is 0. The minimum absolute atomic E-state index is 0. The van der Waals surface area contributed by atoms with Gasteiger partial charge in [0.1, 0.15) is 0 Å². The molecule has 25 heavy (non-hydrogen) atoms. The third kappa shape index (κ3) is 4.41. The summed E-state index contributed by atoms with van der Waals surface area (Å²) in [7, 11) is 0. The Bertz CT molecular complexity index is 842. The van der Waals surface area contributed by atoms with Crippen LogP contribution in [0.15, 0.2) is 54.7 Å². The van der Waals surface area contributed by atoms with Gasteiger partial charge >= 0.3 is 0 Å². The fourth-order valence-electron chi connectivity index (χ4n) is 2.89. The van der Waals surface area contributed by atoms with Gasteiger partial charge in [-0.2, -0.15) is 0 Å². The number of rotatable bonds is 5. The van der Waals surface area contributed by atoms with Gasteiger partial charge in [-0.25, -0.2) is 0 Å². The number of aryl methyl sites for hydroxylation is 1. The van der Waals surface area contributed by atoms with Crippen LogP contribution < -0.4 is 11.1 Å². The lowest BCUT2D eigenvalue weighted by molar-refractivity contribution is -0.123. The highest BCUT2D eigenvalue weighted by Crippen LogP contribution is 2.19. The van der Waals surface area contributed by atoms with Crippen LogP contribution in [0.3, 0.4) is 0 Å². The predicted molar refractivity (Wildman–Crippen MR) is 105 cm³/mol. The maximum absolute atomic E-state index is 12.4. The summed E-state index contributed by atoms with van der Waals surface area (Å²) in [6.45, 7) is 4.02. The highest BCUT2D eigenvalue weighted by Gasteiger charge is 2.18. The second kappa shape index (κ2) is 8.19. The number of fused-ring (bicyclic) bond motifs is 1.